The Kier molecular flexibility index (Phi) is 4.37. The smallest absolute Gasteiger partial charge is 0.0697 e. The van der Waals surface area contributed by atoms with Gasteiger partial charge in [-0.2, -0.15) is 5.26 Å². The lowest BCUT2D eigenvalue weighted by Crippen LogP contribution is -2.36. The van der Waals surface area contributed by atoms with Gasteiger partial charge in [0.05, 0.1) is 11.5 Å². The molecule has 1 aliphatic rings. The molecular weight excluding hydrogens is 176 g/mol. The van der Waals surface area contributed by atoms with Gasteiger partial charge in [-0.1, -0.05) is 0 Å². The summed E-state index contributed by atoms with van der Waals surface area (Å²) in [7, 11) is 0. The van der Waals surface area contributed by atoms with E-state index < -0.39 is 0 Å². The first-order valence-corrected chi connectivity index (χ1v) is 5.36. The van der Waals surface area contributed by atoms with Crippen molar-refractivity contribution in [3.8, 4) is 6.07 Å². The van der Waals surface area contributed by atoms with Crippen molar-refractivity contribution in [3.05, 3.63) is 0 Å². The summed E-state index contributed by atoms with van der Waals surface area (Å²) in [5, 5.41) is 12.3. The van der Waals surface area contributed by atoms with E-state index in [0.29, 0.717) is 6.04 Å². The average Bonchev–Trinajstić information content (AvgIpc) is 2.43. The van der Waals surface area contributed by atoms with Crippen molar-refractivity contribution in [2.24, 2.45) is 5.41 Å². The van der Waals surface area contributed by atoms with Crippen LogP contribution < -0.4 is 5.32 Å². The van der Waals surface area contributed by atoms with Gasteiger partial charge in [-0.05, 0) is 33.1 Å². The minimum absolute atomic E-state index is 0.257. The maximum Gasteiger partial charge on any atom is 0.0697 e. The Morgan fingerprint density at radius 2 is 2.21 bits per heavy atom. The molecule has 0 aromatic rings. The third kappa shape index (κ3) is 4.08. The van der Waals surface area contributed by atoms with Crippen LogP contribution in [0.5, 0.6) is 0 Å². The molecule has 3 heteroatoms. The second kappa shape index (κ2) is 5.33. The normalized spacial score (nSPS) is 23.9. The Hall–Kier alpha value is -0.590. The number of ether oxygens (including phenoxy) is 1. The number of nitrogens with one attached hydrogen (secondary N) is 1. The standard InChI is InChI=1S/C11H20N2O/c1-11(2,8-12)9-13-10-4-3-6-14-7-5-10/h10,13H,3-7,9H2,1-2H3. The second-order valence-corrected chi connectivity index (χ2v) is 4.62. The lowest BCUT2D eigenvalue weighted by atomic mass is 9.95. The molecule has 0 aromatic heterocycles. The van der Waals surface area contributed by atoms with Crippen molar-refractivity contribution in [1.82, 2.24) is 5.32 Å². The predicted octanol–water partition coefficient (Wildman–Crippen LogP) is 1.69. The van der Waals surface area contributed by atoms with Gasteiger partial charge in [-0.25, -0.2) is 0 Å². The van der Waals surface area contributed by atoms with Gasteiger partial charge in [0.25, 0.3) is 0 Å². The van der Waals surface area contributed by atoms with Crippen LogP contribution in [0.2, 0.25) is 0 Å². The maximum atomic E-state index is 8.86. The van der Waals surface area contributed by atoms with Gasteiger partial charge in [0, 0.05) is 25.8 Å². The molecule has 3 nitrogen and oxygen atoms in total. The van der Waals surface area contributed by atoms with Gasteiger partial charge in [0.1, 0.15) is 0 Å². The van der Waals surface area contributed by atoms with E-state index in [2.05, 4.69) is 11.4 Å². The van der Waals surface area contributed by atoms with Crippen LogP contribution in [0.1, 0.15) is 33.1 Å². The lowest BCUT2D eigenvalue weighted by Gasteiger charge is -2.21. The van der Waals surface area contributed by atoms with Crippen LogP contribution >= 0.6 is 0 Å². The Labute approximate surface area is 86.4 Å². The minimum atomic E-state index is -0.257. The van der Waals surface area contributed by atoms with E-state index in [-0.39, 0.29) is 5.41 Å². The highest BCUT2D eigenvalue weighted by atomic mass is 16.5. The monoisotopic (exact) mass is 196 g/mol. The Bertz CT molecular complexity index is 200. The molecule has 0 spiro atoms. The van der Waals surface area contributed by atoms with Crippen molar-refractivity contribution in [2.75, 3.05) is 19.8 Å². The van der Waals surface area contributed by atoms with Crippen molar-refractivity contribution in [1.29, 1.82) is 5.26 Å². The van der Waals surface area contributed by atoms with Gasteiger partial charge in [-0.15, -0.1) is 0 Å². The van der Waals surface area contributed by atoms with E-state index in [0.717, 1.165) is 32.6 Å². The molecule has 1 heterocycles. The van der Waals surface area contributed by atoms with Crippen LogP contribution in [0.25, 0.3) is 0 Å². The first kappa shape index (κ1) is 11.5. The fraction of sp³-hybridized carbons (Fsp3) is 0.909. The predicted molar refractivity (Wildman–Crippen MR) is 55.9 cm³/mol. The molecule has 80 valence electrons. The van der Waals surface area contributed by atoms with E-state index in [1.165, 1.54) is 6.42 Å². The summed E-state index contributed by atoms with van der Waals surface area (Å²) >= 11 is 0. The SMILES string of the molecule is CC(C)(C#N)CNC1CCCOCC1. The van der Waals surface area contributed by atoms with Gasteiger partial charge in [0.15, 0.2) is 0 Å². The molecule has 1 atom stereocenters. The Balaban J connectivity index is 2.26. The average molecular weight is 196 g/mol. The Morgan fingerprint density at radius 3 is 2.93 bits per heavy atom. The molecule has 1 unspecified atom stereocenters. The van der Waals surface area contributed by atoms with Crippen molar-refractivity contribution in [3.63, 3.8) is 0 Å². The number of hydrogen-bond donors (Lipinski definition) is 1. The molecule has 0 radical (unpaired) electrons. The molecule has 0 saturated carbocycles. The largest absolute Gasteiger partial charge is 0.381 e. The lowest BCUT2D eigenvalue weighted by molar-refractivity contribution is 0.142. The summed E-state index contributed by atoms with van der Waals surface area (Å²) in [6.07, 6.45) is 3.37. The minimum Gasteiger partial charge on any atom is -0.381 e. The summed E-state index contributed by atoms with van der Waals surface area (Å²) in [6, 6.07) is 2.84. The molecule has 0 aromatic carbocycles. The highest BCUT2D eigenvalue weighted by molar-refractivity contribution is 4.94. The fourth-order valence-corrected chi connectivity index (χ4v) is 1.55. The van der Waals surface area contributed by atoms with Crippen LogP contribution in [0, 0.1) is 16.7 Å². The van der Waals surface area contributed by atoms with E-state index in [1.54, 1.807) is 0 Å². The zero-order chi connectivity index (χ0) is 10.4. The number of rotatable bonds is 3. The van der Waals surface area contributed by atoms with E-state index in [9.17, 15) is 0 Å². The summed E-state index contributed by atoms with van der Waals surface area (Å²) in [5.41, 5.74) is -0.257. The van der Waals surface area contributed by atoms with Crippen LogP contribution in [-0.2, 0) is 4.74 Å². The van der Waals surface area contributed by atoms with Crippen LogP contribution in [0.15, 0.2) is 0 Å². The molecule has 1 N–H and O–H groups in total. The fourth-order valence-electron chi connectivity index (χ4n) is 1.55. The molecule has 1 saturated heterocycles. The van der Waals surface area contributed by atoms with Gasteiger partial charge >= 0.3 is 0 Å². The van der Waals surface area contributed by atoms with Crippen molar-refractivity contribution in [2.45, 2.75) is 39.2 Å². The molecule has 1 rings (SSSR count). The Morgan fingerprint density at radius 1 is 1.43 bits per heavy atom. The zero-order valence-corrected chi connectivity index (χ0v) is 9.18. The first-order chi connectivity index (χ1) is 6.64. The summed E-state index contributed by atoms with van der Waals surface area (Å²) in [6.45, 7) is 6.44. The highest BCUT2D eigenvalue weighted by Crippen LogP contribution is 2.14. The topological polar surface area (TPSA) is 45.0 Å². The number of nitrogens with zero attached hydrogens (tertiary/aromatic N) is 1. The van der Waals surface area contributed by atoms with Crippen LogP contribution in [-0.4, -0.2) is 25.8 Å². The third-order valence-corrected chi connectivity index (χ3v) is 2.59. The zero-order valence-electron chi connectivity index (χ0n) is 9.18. The van der Waals surface area contributed by atoms with E-state index in [4.69, 9.17) is 10.00 Å². The number of nitriles is 1. The number of hydrogen-bond acceptors (Lipinski definition) is 3. The third-order valence-electron chi connectivity index (χ3n) is 2.59. The molecule has 0 aliphatic carbocycles. The highest BCUT2D eigenvalue weighted by Gasteiger charge is 2.19. The van der Waals surface area contributed by atoms with Gasteiger partial charge < -0.3 is 10.1 Å². The maximum absolute atomic E-state index is 8.86. The van der Waals surface area contributed by atoms with Crippen LogP contribution in [0.4, 0.5) is 0 Å². The van der Waals surface area contributed by atoms with Gasteiger partial charge in [0.2, 0.25) is 0 Å². The van der Waals surface area contributed by atoms with Crippen LogP contribution in [0.3, 0.4) is 0 Å². The summed E-state index contributed by atoms with van der Waals surface area (Å²) in [5.74, 6) is 0. The van der Waals surface area contributed by atoms with Crippen molar-refractivity contribution >= 4 is 0 Å². The molecule has 0 amide bonds. The van der Waals surface area contributed by atoms with E-state index in [1.807, 2.05) is 13.8 Å². The van der Waals surface area contributed by atoms with Crippen molar-refractivity contribution < 1.29 is 4.74 Å². The molecule has 0 bridgehead atoms. The molecule has 1 aliphatic heterocycles. The first-order valence-electron chi connectivity index (χ1n) is 5.36. The second-order valence-electron chi connectivity index (χ2n) is 4.62. The van der Waals surface area contributed by atoms with Gasteiger partial charge in [-0.3, -0.25) is 0 Å². The molecular formula is C11H20N2O. The molecule has 14 heavy (non-hydrogen) atoms. The quantitative estimate of drug-likeness (QED) is 0.747. The summed E-state index contributed by atoms with van der Waals surface area (Å²) in [4.78, 5) is 0. The summed E-state index contributed by atoms with van der Waals surface area (Å²) < 4.78 is 5.38. The molecule has 1 fully saturated rings. The van der Waals surface area contributed by atoms with E-state index >= 15 is 0 Å².